The third-order valence-corrected chi connectivity index (χ3v) is 6.89. The maximum atomic E-state index is 11.5. The van der Waals surface area contributed by atoms with E-state index in [1.807, 2.05) is 6.07 Å². The first-order chi connectivity index (χ1) is 13.9. The summed E-state index contributed by atoms with van der Waals surface area (Å²) in [4.78, 5) is 14.2. The molecule has 1 aliphatic heterocycles. The third kappa shape index (κ3) is 3.93. The fourth-order valence-electron chi connectivity index (χ4n) is 5.47. The molecule has 1 saturated heterocycles. The lowest BCUT2D eigenvalue weighted by atomic mass is 9.55. The van der Waals surface area contributed by atoms with Crippen LogP contribution < -0.4 is 4.74 Å². The third-order valence-electron chi connectivity index (χ3n) is 6.89. The predicted molar refractivity (Wildman–Crippen MR) is 124 cm³/mol. The van der Waals surface area contributed by atoms with E-state index >= 15 is 0 Å². The van der Waals surface area contributed by atoms with Gasteiger partial charge >= 0.3 is 5.97 Å². The molecule has 1 aliphatic carbocycles. The molecule has 4 heteroatoms. The molecule has 30 heavy (non-hydrogen) atoms. The first kappa shape index (κ1) is 22.6. The Morgan fingerprint density at radius 2 is 1.90 bits per heavy atom. The number of rotatable bonds is 4. The van der Waals surface area contributed by atoms with E-state index in [9.17, 15) is 4.79 Å². The lowest BCUT2D eigenvalue weighted by Gasteiger charge is -2.56. The topological polar surface area (TPSA) is 29.5 Å². The highest BCUT2D eigenvalue weighted by molar-refractivity contribution is 5.85. The Kier molecular flexibility index (Phi) is 6.74. The van der Waals surface area contributed by atoms with E-state index in [0.29, 0.717) is 17.7 Å². The van der Waals surface area contributed by atoms with Crippen LogP contribution in [0.15, 0.2) is 60.2 Å². The van der Waals surface area contributed by atoms with E-state index < -0.39 is 0 Å². The number of hydrogen-bond donors (Lipinski definition) is 0. The summed E-state index contributed by atoms with van der Waals surface area (Å²) in [5.41, 5.74) is 5.43. The van der Waals surface area contributed by atoms with Crippen molar-refractivity contribution in [3.8, 4) is 5.75 Å². The summed E-state index contributed by atoms with van der Waals surface area (Å²) in [5, 5.41) is 0. The van der Waals surface area contributed by atoms with Gasteiger partial charge in [-0.15, -0.1) is 12.4 Å². The minimum atomic E-state index is -0.267. The highest BCUT2D eigenvalue weighted by Gasteiger charge is 2.52. The minimum absolute atomic E-state index is 0. The molecule has 3 unspecified atom stereocenters. The lowest BCUT2D eigenvalue weighted by Crippen LogP contribution is -2.59. The molecule has 0 N–H and O–H groups in total. The van der Waals surface area contributed by atoms with Gasteiger partial charge in [0.05, 0.1) is 0 Å². The van der Waals surface area contributed by atoms with Gasteiger partial charge in [0.25, 0.3) is 0 Å². The molecule has 2 aromatic rings. The van der Waals surface area contributed by atoms with Gasteiger partial charge in [-0.3, -0.25) is 9.69 Å². The van der Waals surface area contributed by atoms with Gasteiger partial charge in [-0.25, -0.2) is 0 Å². The second kappa shape index (κ2) is 8.95. The molecule has 2 bridgehead atoms. The molecule has 2 aliphatic rings. The number of benzene rings is 2. The van der Waals surface area contributed by atoms with Crippen molar-refractivity contribution in [2.75, 3.05) is 13.1 Å². The van der Waals surface area contributed by atoms with Crippen molar-refractivity contribution in [1.82, 2.24) is 4.90 Å². The summed E-state index contributed by atoms with van der Waals surface area (Å²) in [6.07, 6.45) is 4.46. The largest absolute Gasteiger partial charge is 0.427 e. The molecule has 3 nitrogen and oxygen atoms in total. The van der Waals surface area contributed by atoms with Crippen LogP contribution in [0, 0.1) is 5.92 Å². The fourth-order valence-corrected chi connectivity index (χ4v) is 5.47. The Labute approximate surface area is 186 Å². The van der Waals surface area contributed by atoms with Crippen molar-refractivity contribution in [3.05, 3.63) is 76.9 Å². The number of piperidine rings is 1. The molecule has 0 saturated carbocycles. The Balaban J connectivity index is 0.00000256. The minimum Gasteiger partial charge on any atom is -0.427 e. The van der Waals surface area contributed by atoms with Crippen LogP contribution in [0.1, 0.15) is 50.8 Å². The van der Waals surface area contributed by atoms with Gasteiger partial charge in [-0.05, 0) is 68.0 Å². The van der Waals surface area contributed by atoms with Crippen molar-refractivity contribution in [1.29, 1.82) is 0 Å². The van der Waals surface area contributed by atoms with E-state index in [2.05, 4.69) is 74.2 Å². The number of carbonyl (C=O) groups excluding carboxylic acids is 1. The van der Waals surface area contributed by atoms with E-state index in [-0.39, 0.29) is 23.8 Å². The summed E-state index contributed by atoms with van der Waals surface area (Å²) in [6, 6.07) is 17.7. The van der Waals surface area contributed by atoms with Crippen molar-refractivity contribution in [3.63, 3.8) is 0 Å². The second-order valence-corrected chi connectivity index (χ2v) is 8.84. The summed E-state index contributed by atoms with van der Waals surface area (Å²) in [7, 11) is 0. The molecule has 160 valence electrons. The van der Waals surface area contributed by atoms with Crippen molar-refractivity contribution in [2.24, 2.45) is 5.92 Å². The van der Waals surface area contributed by atoms with Gasteiger partial charge < -0.3 is 4.74 Å². The normalized spacial score (nSPS) is 24.9. The predicted octanol–water partition coefficient (Wildman–Crippen LogP) is 5.55. The van der Waals surface area contributed by atoms with Gasteiger partial charge in [0, 0.05) is 24.9 Å². The molecule has 0 aromatic heterocycles. The number of esters is 1. The van der Waals surface area contributed by atoms with Crippen LogP contribution in [0.25, 0.3) is 0 Å². The average molecular weight is 426 g/mol. The van der Waals surface area contributed by atoms with Crippen LogP contribution in [0.4, 0.5) is 0 Å². The molecule has 0 amide bonds. The number of likely N-dealkylation sites (tertiary alicyclic amines) is 1. The van der Waals surface area contributed by atoms with E-state index in [1.165, 1.54) is 29.2 Å². The first-order valence-electron chi connectivity index (χ1n) is 10.7. The van der Waals surface area contributed by atoms with Crippen LogP contribution in [0.3, 0.4) is 0 Å². The van der Waals surface area contributed by atoms with E-state index in [1.54, 1.807) is 0 Å². The summed E-state index contributed by atoms with van der Waals surface area (Å²) >= 11 is 0. The Bertz CT molecular complexity index is 935. The number of halogens is 1. The summed E-state index contributed by atoms with van der Waals surface area (Å²) in [6.45, 7) is 10.3. The molecular weight excluding hydrogens is 394 g/mol. The molecule has 3 atom stereocenters. The highest BCUT2D eigenvalue weighted by atomic mass is 35.5. The van der Waals surface area contributed by atoms with Gasteiger partial charge in [0.1, 0.15) is 5.75 Å². The van der Waals surface area contributed by atoms with Gasteiger partial charge in [0.15, 0.2) is 0 Å². The molecule has 1 heterocycles. The van der Waals surface area contributed by atoms with Crippen LogP contribution in [0.5, 0.6) is 5.75 Å². The maximum absolute atomic E-state index is 11.5. The molecule has 4 rings (SSSR count). The number of hydrogen-bond acceptors (Lipinski definition) is 3. The van der Waals surface area contributed by atoms with Crippen molar-refractivity contribution >= 4 is 18.4 Å². The average Bonchev–Trinajstić information content (AvgIpc) is 2.68. The van der Waals surface area contributed by atoms with Gasteiger partial charge in [-0.1, -0.05) is 55.0 Å². The lowest BCUT2D eigenvalue weighted by molar-refractivity contribution is -0.131. The standard InChI is InChI=1S/C26H31NO2.ClH/c1-18(2)12-14-27-15-13-26(22-8-6-5-7-9-22)19(3)25(27)16-21-10-11-23(17-24(21)26)29-20(4)28;/h5-12,17,19,25H,13-16H2,1-4H3;1H. The number of allylic oxidation sites excluding steroid dienone is 1. The number of carbonyl (C=O) groups is 1. The summed E-state index contributed by atoms with van der Waals surface area (Å²) in [5.74, 6) is 0.866. The molecular formula is C26H32ClNO2. The van der Waals surface area contributed by atoms with Crippen molar-refractivity contribution < 1.29 is 9.53 Å². The van der Waals surface area contributed by atoms with Crippen LogP contribution >= 0.6 is 12.4 Å². The quantitative estimate of drug-likeness (QED) is 0.365. The van der Waals surface area contributed by atoms with Gasteiger partial charge in [-0.2, -0.15) is 0 Å². The van der Waals surface area contributed by atoms with Crippen LogP contribution in [-0.4, -0.2) is 30.0 Å². The zero-order valence-corrected chi connectivity index (χ0v) is 19.2. The monoisotopic (exact) mass is 425 g/mol. The van der Waals surface area contributed by atoms with E-state index in [0.717, 1.165) is 25.9 Å². The number of nitrogens with zero attached hydrogens (tertiary/aromatic N) is 1. The molecule has 0 radical (unpaired) electrons. The van der Waals surface area contributed by atoms with Crippen LogP contribution in [0.2, 0.25) is 0 Å². The number of ether oxygens (including phenoxy) is 1. The Hall–Kier alpha value is -2.10. The SMILES string of the molecule is CC(=O)Oc1ccc2c(c1)C1(c3ccccc3)CCN(CC=C(C)C)C(C2)C1C.Cl. The smallest absolute Gasteiger partial charge is 0.308 e. The Morgan fingerprint density at radius 3 is 2.57 bits per heavy atom. The number of fused-ring (bicyclic) bond motifs is 4. The highest BCUT2D eigenvalue weighted by Crippen LogP contribution is 2.53. The van der Waals surface area contributed by atoms with Crippen molar-refractivity contribution in [2.45, 2.75) is 52.0 Å². The zero-order chi connectivity index (χ0) is 20.6. The summed E-state index contributed by atoms with van der Waals surface area (Å²) < 4.78 is 5.46. The molecule has 0 spiro atoms. The van der Waals surface area contributed by atoms with Crippen LogP contribution in [-0.2, 0) is 16.6 Å². The second-order valence-electron chi connectivity index (χ2n) is 8.84. The maximum Gasteiger partial charge on any atom is 0.308 e. The zero-order valence-electron chi connectivity index (χ0n) is 18.4. The van der Waals surface area contributed by atoms with Gasteiger partial charge in [0.2, 0.25) is 0 Å². The molecule has 1 fully saturated rings. The van der Waals surface area contributed by atoms with E-state index in [4.69, 9.17) is 4.74 Å². The first-order valence-corrected chi connectivity index (χ1v) is 10.7. The molecule has 2 aromatic carbocycles. The fraction of sp³-hybridized carbons (Fsp3) is 0.423. The Morgan fingerprint density at radius 1 is 1.17 bits per heavy atom.